The molecule has 0 aliphatic heterocycles. The average Bonchev–Trinajstić information content (AvgIpc) is 2.81. The lowest BCUT2D eigenvalue weighted by Crippen LogP contribution is -2.39. The summed E-state index contributed by atoms with van der Waals surface area (Å²) in [5.41, 5.74) is -0.647. The van der Waals surface area contributed by atoms with Crippen molar-refractivity contribution in [2.75, 3.05) is 6.54 Å². The van der Waals surface area contributed by atoms with Gasteiger partial charge in [-0.2, -0.15) is 0 Å². The number of thiazole rings is 1. The normalized spacial score (nSPS) is 12.1. The molecule has 0 aliphatic rings. The highest BCUT2D eigenvalue weighted by atomic mass is 32.1. The molecule has 5 heteroatoms. The van der Waals surface area contributed by atoms with Crippen molar-refractivity contribution in [3.05, 3.63) is 16.1 Å². The zero-order chi connectivity index (χ0) is 15.2. The van der Waals surface area contributed by atoms with E-state index in [9.17, 15) is 9.90 Å². The van der Waals surface area contributed by atoms with Gasteiger partial charge in [0.25, 0.3) is 0 Å². The molecule has 0 atom stereocenters. The minimum atomic E-state index is -0.709. The van der Waals surface area contributed by atoms with E-state index in [0.29, 0.717) is 31.8 Å². The molecule has 114 valence electrons. The van der Waals surface area contributed by atoms with Gasteiger partial charge in [-0.15, -0.1) is 11.3 Å². The third kappa shape index (κ3) is 4.56. The maximum Gasteiger partial charge on any atom is 0.310 e. The largest absolute Gasteiger partial charge is 0.481 e. The number of carboxylic acids is 1. The molecule has 20 heavy (non-hydrogen) atoms. The van der Waals surface area contributed by atoms with Crippen LogP contribution in [0.5, 0.6) is 0 Å². The number of aromatic nitrogens is 1. The first kappa shape index (κ1) is 17.1. The van der Waals surface area contributed by atoms with E-state index in [4.69, 9.17) is 0 Å². The summed E-state index contributed by atoms with van der Waals surface area (Å²) in [6.45, 7) is 9.45. The average molecular weight is 298 g/mol. The number of nitrogens with one attached hydrogen (secondary N) is 1. The van der Waals surface area contributed by atoms with E-state index >= 15 is 0 Å². The Labute approximate surface area is 125 Å². The third-order valence-electron chi connectivity index (χ3n) is 3.75. The minimum absolute atomic E-state index is 0.507. The Morgan fingerprint density at radius 2 is 2.10 bits per heavy atom. The van der Waals surface area contributed by atoms with Crippen LogP contribution in [0.2, 0.25) is 0 Å². The lowest BCUT2D eigenvalue weighted by molar-refractivity contribution is -0.149. The lowest BCUT2D eigenvalue weighted by atomic mass is 9.82. The standard InChI is InChI=1S/C15H26N2O2S/c1-5-15(6-2,14(18)19)10-16-8-12-9-17-13(20-12)7-11(3)4/h9,11,16H,5-8,10H2,1-4H3,(H,18,19). The van der Waals surface area contributed by atoms with Crippen molar-refractivity contribution in [1.82, 2.24) is 10.3 Å². The Kier molecular flexibility index (Phi) is 6.62. The summed E-state index contributed by atoms with van der Waals surface area (Å²) in [4.78, 5) is 17.0. The third-order valence-corrected chi connectivity index (χ3v) is 4.77. The van der Waals surface area contributed by atoms with Crippen LogP contribution in [0, 0.1) is 11.3 Å². The molecule has 0 amide bonds. The summed E-state index contributed by atoms with van der Waals surface area (Å²) in [5.74, 6) is -0.0957. The van der Waals surface area contributed by atoms with Gasteiger partial charge in [0, 0.05) is 30.6 Å². The van der Waals surface area contributed by atoms with Crippen molar-refractivity contribution in [2.24, 2.45) is 11.3 Å². The summed E-state index contributed by atoms with van der Waals surface area (Å²) in [5, 5.41) is 13.8. The number of rotatable bonds is 9. The zero-order valence-corrected chi connectivity index (χ0v) is 13.7. The first-order valence-electron chi connectivity index (χ1n) is 7.31. The molecule has 0 fully saturated rings. The Morgan fingerprint density at radius 3 is 2.60 bits per heavy atom. The van der Waals surface area contributed by atoms with Crippen molar-refractivity contribution >= 4 is 17.3 Å². The van der Waals surface area contributed by atoms with Crippen LogP contribution in [0.25, 0.3) is 0 Å². The number of hydrogen-bond acceptors (Lipinski definition) is 4. The molecule has 2 N–H and O–H groups in total. The fraction of sp³-hybridized carbons (Fsp3) is 0.733. The van der Waals surface area contributed by atoms with E-state index in [0.717, 1.165) is 11.4 Å². The monoisotopic (exact) mass is 298 g/mol. The molecule has 0 saturated heterocycles. The summed E-state index contributed by atoms with van der Waals surface area (Å²) in [6, 6.07) is 0. The predicted octanol–water partition coefficient (Wildman–Crippen LogP) is 3.32. The van der Waals surface area contributed by atoms with Gasteiger partial charge < -0.3 is 10.4 Å². The molecule has 1 heterocycles. The first-order valence-corrected chi connectivity index (χ1v) is 8.12. The Morgan fingerprint density at radius 1 is 1.45 bits per heavy atom. The van der Waals surface area contributed by atoms with Gasteiger partial charge in [0.05, 0.1) is 10.4 Å². The van der Waals surface area contributed by atoms with Gasteiger partial charge in [0.2, 0.25) is 0 Å². The molecule has 1 aromatic heterocycles. The molecule has 0 aliphatic carbocycles. The van der Waals surface area contributed by atoms with Gasteiger partial charge in [-0.3, -0.25) is 4.79 Å². The predicted molar refractivity (Wildman–Crippen MR) is 83.0 cm³/mol. The van der Waals surface area contributed by atoms with E-state index in [2.05, 4.69) is 24.1 Å². The molecule has 0 spiro atoms. The van der Waals surface area contributed by atoms with Gasteiger partial charge in [-0.25, -0.2) is 4.98 Å². The lowest BCUT2D eigenvalue weighted by Gasteiger charge is -2.26. The molecular formula is C15H26N2O2S. The first-order chi connectivity index (χ1) is 9.43. The number of carboxylic acid groups (broad SMARTS) is 1. The highest BCUT2D eigenvalue weighted by Gasteiger charge is 2.34. The van der Waals surface area contributed by atoms with E-state index in [1.807, 2.05) is 20.0 Å². The van der Waals surface area contributed by atoms with Crippen LogP contribution < -0.4 is 5.32 Å². The van der Waals surface area contributed by atoms with Crippen LogP contribution in [0.15, 0.2) is 6.20 Å². The van der Waals surface area contributed by atoms with Gasteiger partial charge in [0.15, 0.2) is 0 Å². The van der Waals surface area contributed by atoms with Gasteiger partial charge in [-0.05, 0) is 18.8 Å². The van der Waals surface area contributed by atoms with E-state index in [-0.39, 0.29) is 0 Å². The van der Waals surface area contributed by atoms with Crippen molar-refractivity contribution in [3.8, 4) is 0 Å². The number of nitrogens with zero attached hydrogens (tertiary/aromatic N) is 1. The van der Waals surface area contributed by atoms with Gasteiger partial charge >= 0.3 is 5.97 Å². The quantitative estimate of drug-likeness (QED) is 0.734. The second-order valence-corrected chi connectivity index (χ2v) is 6.91. The molecule has 0 bridgehead atoms. The second-order valence-electron chi connectivity index (χ2n) is 5.71. The molecule has 0 aromatic carbocycles. The molecule has 4 nitrogen and oxygen atoms in total. The highest BCUT2D eigenvalue weighted by molar-refractivity contribution is 7.11. The number of aliphatic carboxylic acids is 1. The molecule has 1 rings (SSSR count). The zero-order valence-electron chi connectivity index (χ0n) is 12.9. The molecule has 0 radical (unpaired) electrons. The van der Waals surface area contributed by atoms with Crippen molar-refractivity contribution in [1.29, 1.82) is 0 Å². The van der Waals surface area contributed by atoms with E-state index < -0.39 is 11.4 Å². The van der Waals surface area contributed by atoms with E-state index in [1.165, 1.54) is 4.88 Å². The van der Waals surface area contributed by atoms with Crippen LogP contribution in [0.4, 0.5) is 0 Å². The molecule has 0 unspecified atom stereocenters. The SMILES string of the molecule is CCC(CC)(CNCc1cnc(CC(C)C)s1)C(=O)O. The van der Waals surface area contributed by atoms with Gasteiger partial charge in [-0.1, -0.05) is 27.7 Å². The highest BCUT2D eigenvalue weighted by Crippen LogP contribution is 2.26. The van der Waals surface area contributed by atoms with Crippen LogP contribution in [-0.2, 0) is 17.8 Å². The molecular weight excluding hydrogens is 272 g/mol. The number of carbonyl (C=O) groups is 1. The van der Waals surface area contributed by atoms with Gasteiger partial charge in [0.1, 0.15) is 0 Å². The van der Waals surface area contributed by atoms with Crippen LogP contribution in [-0.4, -0.2) is 22.6 Å². The summed E-state index contributed by atoms with van der Waals surface area (Å²) >= 11 is 1.71. The van der Waals surface area contributed by atoms with E-state index in [1.54, 1.807) is 11.3 Å². The number of hydrogen-bond donors (Lipinski definition) is 2. The van der Waals surface area contributed by atoms with Crippen LogP contribution in [0.1, 0.15) is 50.4 Å². The fourth-order valence-electron chi connectivity index (χ4n) is 2.18. The summed E-state index contributed by atoms with van der Waals surface area (Å²) in [6.07, 6.45) is 4.20. The maximum atomic E-state index is 11.4. The Balaban J connectivity index is 2.51. The summed E-state index contributed by atoms with van der Waals surface area (Å²) in [7, 11) is 0. The molecule has 0 saturated carbocycles. The Hall–Kier alpha value is -0.940. The second kappa shape index (κ2) is 7.74. The maximum absolute atomic E-state index is 11.4. The summed E-state index contributed by atoms with van der Waals surface area (Å²) < 4.78 is 0. The minimum Gasteiger partial charge on any atom is -0.481 e. The van der Waals surface area contributed by atoms with Crippen LogP contribution in [0.3, 0.4) is 0 Å². The topological polar surface area (TPSA) is 62.2 Å². The smallest absolute Gasteiger partial charge is 0.310 e. The van der Waals surface area contributed by atoms with Crippen LogP contribution >= 0.6 is 11.3 Å². The van der Waals surface area contributed by atoms with Crippen molar-refractivity contribution < 1.29 is 9.90 Å². The molecule has 1 aromatic rings. The van der Waals surface area contributed by atoms with Crippen molar-refractivity contribution in [2.45, 2.75) is 53.5 Å². The fourth-order valence-corrected chi connectivity index (χ4v) is 3.28. The Bertz CT molecular complexity index is 425. The van der Waals surface area contributed by atoms with Crippen molar-refractivity contribution in [3.63, 3.8) is 0 Å².